The molecule has 0 bridgehead atoms. The molecule has 20 heavy (non-hydrogen) atoms. The number of benzene rings is 1. The van der Waals surface area contributed by atoms with Crippen molar-refractivity contribution in [3.63, 3.8) is 0 Å². The van der Waals surface area contributed by atoms with E-state index in [1.54, 1.807) is 6.20 Å². The molecule has 4 heteroatoms. The van der Waals surface area contributed by atoms with Gasteiger partial charge in [0.2, 0.25) is 0 Å². The summed E-state index contributed by atoms with van der Waals surface area (Å²) in [5, 5.41) is 3.41. The van der Waals surface area contributed by atoms with Crippen LogP contribution in [0.2, 0.25) is 0 Å². The van der Waals surface area contributed by atoms with Crippen LogP contribution in [0.5, 0.6) is 0 Å². The molecule has 5 aromatic rings. The summed E-state index contributed by atoms with van der Waals surface area (Å²) in [4.78, 5) is 15.8. The van der Waals surface area contributed by atoms with Gasteiger partial charge >= 0.3 is 0 Å². The molecule has 0 spiro atoms. The van der Waals surface area contributed by atoms with Crippen molar-refractivity contribution in [2.24, 2.45) is 0 Å². The van der Waals surface area contributed by atoms with Crippen LogP contribution < -0.4 is 0 Å². The molecule has 1 aromatic carbocycles. The summed E-state index contributed by atoms with van der Waals surface area (Å²) < 4.78 is 0. The van der Waals surface area contributed by atoms with Gasteiger partial charge in [0.25, 0.3) is 0 Å². The standard InChI is InChI=1S/C16H10N4/c1-2-4-12-9(3-1)10-8-18-14-11-7-17-6-5-13(11)20-16(14)15(10)19-12/h1-8,19-20H. The lowest BCUT2D eigenvalue weighted by atomic mass is 10.2. The second-order valence-electron chi connectivity index (χ2n) is 4.99. The molecule has 0 radical (unpaired) electrons. The molecule has 0 unspecified atom stereocenters. The molecule has 94 valence electrons. The summed E-state index contributed by atoms with van der Waals surface area (Å²) in [5.74, 6) is 0. The highest BCUT2D eigenvalue weighted by atomic mass is 14.8. The zero-order valence-corrected chi connectivity index (χ0v) is 10.5. The number of rotatable bonds is 0. The fraction of sp³-hybridized carbons (Fsp3) is 0. The Balaban J connectivity index is 2.10. The zero-order valence-electron chi connectivity index (χ0n) is 10.5. The van der Waals surface area contributed by atoms with Crippen LogP contribution in [-0.4, -0.2) is 19.9 Å². The fourth-order valence-corrected chi connectivity index (χ4v) is 2.96. The van der Waals surface area contributed by atoms with Crippen molar-refractivity contribution >= 4 is 43.7 Å². The second kappa shape index (κ2) is 3.36. The summed E-state index contributed by atoms with van der Waals surface area (Å²) in [6.45, 7) is 0. The van der Waals surface area contributed by atoms with Crippen molar-refractivity contribution in [2.45, 2.75) is 0 Å². The van der Waals surface area contributed by atoms with Crippen LogP contribution in [0.1, 0.15) is 0 Å². The molecule has 0 fully saturated rings. The van der Waals surface area contributed by atoms with Crippen LogP contribution in [0, 0.1) is 0 Å². The fourth-order valence-electron chi connectivity index (χ4n) is 2.96. The zero-order chi connectivity index (χ0) is 13.1. The third-order valence-corrected chi connectivity index (χ3v) is 3.89. The van der Waals surface area contributed by atoms with Gasteiger partial charge in [-0.2, -0.15) is 0 Å². The normalized spacial score (nSPS) is 12.0. The Morgan fingerprint density at radius 2 is 1.60 bits per heavy atom. The van der Waals surface area contributed by atoms with Crippen molar-refractivity contribution in [3.05, 3.63) is 48.9 Å². The minimum Gasteiger partial charge on any atom is -0.353 e. The number of aromatic nitrogens is 4. The minimum absolute atomic E-state index is 0.965. The van der Waals surface area contributed by atoms with Gasteiger partial charge < -0.3 is 9.97 Å². The maximum Gasteiger partial charge on any atom is 0.0995 e. The smallest absolute Gasteiger partial charge is 0.0995 e. The van der Waals surface area contributed by atoms with Crippen LogP contribution >= 0.6 is 0 Å². The highest BCUT2D eigenvalue weighted by Gasteiger charge is 2.12. The highest BCUT2D eigenvalue weighted by molar-refractivity contribution is 6.19. The third-order valence-electron chi connectivity index (χ3n) is 3.89. The summed E-state index contributed by atoms with van der Waals surface area (Å²) in [6.07, 6.45) is 5.59. The summed E-state index contributed by atoms with van der Waals surface area (Å²) in [7, 11) is 0. The first-order valence-corrected chi connectivity index (χ1v) is 6.52. The van der Waals surface area contributed by atoms with Gasteiger partial charge in [-0.15, -0.1) is 0 Å². The SMILES string of the molecule is c1ccc2c(c1)[nH]c1c2cnc2c3cnccc3[nH]c21. The van der Waals surface area contributed by atoms with Gasteiger partial charge in [0, 0.05) is 40.3 Å². The van der Waals surface area contributed by atoms with E-state index in [2.05, 4.69) is 38.1 Å². The molecule has 0 aliphatic rings. The molecule has 0 atom stereocenters. The minimum atomic E-state index is 0.965. The topological polar surface area (TPSA) is 57.4 Å². The van der Waals surface area contributed by atoms with Gasteiger partial charge in [0.1, 0.15) is 0 Å². The van der Waals surface area contributed by atoms with Crippen molar-refractivity contribution in [1.82, 2.24) is 19.9 Å². The summed E-state index contributed by atoms with van der Waals surface area (Å²) >= 11 is 0. The predicted molar refractivity (Wildman–Crippen MR) is 80.8 cm³/mol. The van der Waals surface area contributed by atoms with Crippen molar-refractivity contribution in [3.8, 4) is 0 Å². The van der Waals surface area contributed by atoms with Crippen LogP contribution in [0.25, 0.3) is 43.7 Å². The lowest BCUT2D eigenvalue weighted by Gasteiger charge is -1.93. The van der Waals surface area contributed by atoms with Gasteiger partial charge in [-0.05, 0) is 12.1 Å². The highest BCUT2D eigenvalue weighted by Crippen LogP contribution is 2.32. The Morgan fingerprint density at radius 3 is 2.60 bits per heavy atom. The van der Waals surface area contributed by atoms with Crippen molar-refractivity contribution in [1.29, 1.82) is 0 Å². The van der Waals surface area contributed by atoms with E-state index in [0.717, 1.165) is 38.4 Å². The number of nitrogens with one attached hydrogen (secondary N) is 2. The van der Waals surface area contributed by atoms with Crippen LogP contribution in [0.3, 0.4) is 0 Å². The Kier molecular flexibility index (Phi) is 1.68. The number of aromatic amines is 2. The maximum atomic E-state index is 4.63. The first-order valence-electron chi connectivity index (χ1n) is 6.52. The molecule has 0 saturated heterocycles. The summed E-state index contributed by atoms with van der Waals surface area (Å²) in [6, 6.07) is 10.3. The van der Waals surface area contributed by atoms with E-state index in [-0.39, 0.29) is 0 Å². The summed E-state index contributed by atoms with van der Waals surface area (Å²) in [5.41, 5.74) is 5.31. The number of pyridine rings is 2. The van der Waals surface area contributed by atoms with Crippen LogP contribution in [-0.2, 0) is 0 Å². The van der Waals surface area contributed by atoms with E-state index in [1.165, 1.54) is 5.39 Å². The van der Waals surface area contributed by atoms with E-state index >= 15 is 0 Å². The Hall–Kier alpha value is -2.88. The quantitative estimate of drug-likeness (QED) is 0.444. The average molecular weight is 258 g/mol. The third kappa shape index (κ3) is 1.11. The van der Waals surface area contributed by atoms with E-state index in [9.17, 15) is 0 Å². The van der Waals surface area contributed by atoms with Crippen molar-refractivity contribution in [2.75, 3.05) is 0 Å². The van der Waals surface area contributed by atoms with Gasteiger partial charge in [-0.25, -0.2) is 0 Å². The number of fused-ring (bicyclic) bond motifs is 7. The monoisotopic (exact) mass is 258 g/mol. The Labute approximate surface area is 113 Å². The molecule has 0 amide bonds. The molecule has 2 N–H and O–H groups in total. The number of nitrogens with zero attached hydrogens (tertiary/aromatic N) is 2. The van der Waals surface area contributed by atoms with Crippen LogP contribution in [0.15, 0.2) is 48.9 Å². The van der Waals surface area contributed by atoms with Gasteiger partial charge in [0.05, 0.1) is 22.1 Å². The second-order valence-corrected chi connectivity index (χ2v) is 4.99. The molecule has 0 saturated carbocycles. The number of para-hydroxylation sites is 1. The maximum absolute atomic E-state index is 4.63. The molecule has 0 aliphatic carbocycles. The first-order chi connectivity index (χ1) is 9.92. The molecule has 4 aromatic heterocycles. The van der Waals surface area contributed by atoms with Gasteiger partial charge in [-0.1, -0.05) is 18.2 Å². The molecular weight excluding hydrogens is 248 g/mol. The Morgan fingerprint density at radius 1 is 0.750 bits per heavy atom. The van der Waals surface area contributed by atoms with E-state index in [4.69, 9.17) is 0 Å². The number of hydrogen-bond donors (Lipinski definition) is 2. The van der Waals surface area contributed by atoms with Gasteiger partial charge in [-0.3, -0.25) is 9.97 Å². The number of hydrogen-bond acceptors (Lipinski definition) is 2. The molecule has 5 rings (SSSR count). The largest absolute Gasteiger partial charge is 0.353 e. The van der Waals surface area contributed by atoms with E-state index < -0.39 is 0 Å². The van der Waals surface area contributed by atoms with E-state index in [1.807, 2.05) is 24.5 Å². The first kappa shape index (κ1) is 9.97. The average Bonchev–Trinajstić information content (AvgIpc) is 3.05. The molecular formula is C16H10N4. The molecule has 0 aliphatic heterocycles. The number of H-pyrrole nitrogens is 2. The molecule has 4 nitrogen and oxygen atoms in total. The van der Waals surface area contributed by atoms with Gasteiger partial charge in [0.15, 0.2) is 0 Å². The Bertz CT molecular complexity index is 1010. The van der Waals surface area contributed by atoms with Crippen LogP contribution in [0.4, 0.5) is 0 Å². The molecule has 4 heterocycles. The predicted octanol–water partition coefficient (Wildman–Crippen LogP) is 3.75. The lowest BCUT2D eigenvalue weighted by Crippen LogP contribution is -1.77. The van der Waals surface area contributed by atoms with Crippen molar-refractivity contribution < 1.29 is 0 Å². The lowest BCUT2D eigenvalue weighted by molar-refractivity contribution is 1.36. The van der Waals surface area contributed by atoms with E-state index in [0.29, 0.717) is 0 Å².